The van der Waals surface area contributed by atoms with Gasteiger partial charge in [-0.3, -0.25) is 14.4 Å². The molecule has 142 valence electrons. The molecule has 7 heteroatoms. The second-order valence-corrected chi connectivity index (χ2v) is 6.86. The number of methoxy groups -OCH3 is 1. The van der Waals surface area contributed by atoms with Gasteiger partial charge in [0.15, 0.2) is 0 Å². The Labute approximate surface area is 157 Å². The predicted molar refractivity (Wildman–Crippen MR) is 101 cm³/mol. The van der Waals surface area contributed by atoms with Gasteiger partial charge in [0.25, 0.3) is 11.5 Å². The van der Waals surface area contributed by atoms with Gasteiger partial charge in [0.05, 0.1) is 18.7 Å². The number of primary amides is 1. The number of rotatable bonds is 7. The fourth-order valence-electron chi connectivity index (χ4n) is 3.26. The van der Waals surface area contributed by atoms with E-state index in [1.54, 1.807) is 19.1 Å². The summed E-state index contributed by atoms with van der Waals surface area (Å²) in [5, 5.41) is 0. The number of ether oxygens (including phenoxy) is 1. The SMILES string of the molecule is COC[C@H]1C[C@@H]1N(C)C(=O)c1cc(C(N)=O)cn(Cc2ccccc2)c1=O. The molecule has 0 radical (unpaired) electrons. The molecule has 1 aliphatic rings. The van der Waals surface area contributed by atoms with E-state index in [4.69, 9.17) is 10.5 Å². The number of hydrogen-bond donors (Lipinski definition) is 1. The molecule has 1 aliphatic carbocycles. The van der Waals surface area contributed by atoms with Crippen molar-refractivity contribution in [1.82, 2.24) is 9.47 Å². The lowest BCUT2D eigenvalue weighted by atomic mass is 10.1. The van der Waals surface area contributed by atoms with Gasteiger partial charge >= 0.3 is 0 Å². The molecule has 1 heterocycles. The first-order valence-corrected chi connectivity index (χ1v) is 8.76. The quantitative estimate of drug-likeness (QED) is 0.791. The second kappa shape index (κ2) is 7.75. The van der Waals surface area contributed by atoms with Crippen molar-refractivity contribution in [3.05, 3.63) is 69.6 Å². The van der Waals surface area contributed by atoms with Crippen molar-refractivity contribution in [3.63, 3.8) is 0 Å². The zero-order chi connectivity index (χ0) is 19.6. The summed E-state index contributed by atoms with van der Waals surface area (Å²) < 4.78 is 6.48. The molecule has 2 aromatic rings. The number of hydrogen-bond acceptors (Lipinski definition) is 4. The molecule has 0 saturated heterocycles. The topological polar surface area (TPSA) is 94.6 Å². The van der Waals surface area contributed by atoms with E-state index in [-0.39, 0.29) is 29.6 Å². The fourth-order valence-corrected chi connectivity index (χ4v) is 3.26. The van der Waals surface area contributed by atoms with Crippen LogP contribution in [0.2, 0.25) is 0 Å². The van der Waals surface area contributed by atoms with Crippen molar-refractivity contribution in [1.29, 1.82) is 0 Å². The number of carbonyl (C=O) groups excluding carboxylic acids is 2. The van der Waals surface area contributed by atoms with Crippen LogP contribution in [-0.2, 0) is 11.3 Å². The molecule has 27 heavy (non-hydrogen) atoms. The van der Waals surface area contributed by atoms with Crippen LogP contribution < -0.4 is 11.3 Å². The van der Waals surface area contributed by atoms with Gasteiger partial charge in [0.2, 0.25) is 5.91 Å². The highest BCUT2D eigenvalue weighted by molar-refractivity contribution is 5.98. The summed E-state index contributed by atoms with van der Waals surface area (Å²) in [5.41, 5.74) is 5.94. The molecule has 1 aromatic carbocycles. The first kappa shape index (κ1) is 18.8. The second-order valence-electron chi connectivity index (χ2n) is 6.86. The average molecular weight is 369 g/mol. The largest absolute Gasteiger partial charge is 0.384 e. The normalized spacial score (nSPS) is 18.1. The Morgan fingerprint density at radius 3 is 2.63 bits per heavy atom. The summed E-state index contributed by atoms with van der Waals surface area (Å²) in [6.07, 6.45) is 2.24. The lowest BCUT2D eigenvalue weighted by Gasteiger charge is -2.18. The Bertz CT molecular complexity index is 907. The molecular formula is C20H23N3O4. The van der Waals surface area contributed by atoms with Crippen LogP contribution in [0.1, 0.15) is 32.7 Å². The minimum absolute atomic E-state index is 0.0386. The van der Waals surface area contributed by atoms with Crippen LogP contribution in [0.5, 0.6) is 0 Å². The van der Waals surface area contributed by atoms with Crippen molar-refractivity contribution >= 4 is 11.8 Å². The molecule has 3 rings (SSSR count). The Morgan fingerprint density at radius 2 is 2.00 bits per heavy atom. The summed E-state index contributed by atoms with van der Waals surface area (Å²) in [4.78, 5) is 39.0. The number of pyridine rings is 1. The van der Waals surface area contributed by atoms with Crippen molar-refractivity contribution in [3.8, 4) is 0 Å². The maximum absolute atomic E-state index is 12.9. The van der Waals surface area contributed by atoms with E-state index < -0.39 is 17.4 Å². The standard InChI is InChI=1S/C20H23N3O4/c1-22(17-9-15(17)12-27-2)19(25)16-8-14(18(21)24)11-23(20(16)26)10-13-6-4-3-5-7-13/h3-8,11,15,17H,9-10,12H2,1-2H3,(H2,21,24)/t15-,17+/m1/s1. The molecule has 0 spiro atoms. The highest BCUT2D eigenvalue weighted by Gasteiger charge is 2.42. The number of aromatic nitrogens is 1. The molecule has 2 amide bonds. The molecule has 1 aromatic heterocycles. The van der Waals surface area contributed by atoms with E-state index in [1.807, 2.05) is 30.3 Å². The van der Waals surface area contributed by atoms with Crippen LogP contribution in [0, 0.1) is 5.92 Å². The molecule has 0 bridgehead atoms. The van der Waals surface area contributed by atoms with Crippen LogP contribution in [0.15, 0.2) is 47.4 Å². The van der Waals surface area contributed by atoms with Gasteiger partial charge in [-0.25, -0.2) is 0 Å². The Kier molecular flexibility index (Phi) is 5.41. The van der Waals surface area contributed by atoms with Gasteiger partial charge in [-0.15, -0.1) is 0 Å². The monoisotopic (exact) mass is 369 g/mol. The first-order chi connectivity index (χ1) is 12.9. The third kappa shape index (κ3) is 4.09. The van der Waals surface area contributed by atoms with Crippen LogP contribution in [0.3, 0.4) is 0 Å². The van der Waals surface area contributed by atoms with Crippen molar-refractivity contribution in [2.75, 3.05) is 20.8 Å². The van der Waals surface area contributed by atoms with Gasteiger partial charge in [-0.2, -0.15) is 0 Å². The van der Waals surface area contributed by atoms with Gasteiger partial charge < -0.3 is 19.9 Å². The van der Waals surface area contributed by atoms with Gasteiger partial charge in [-0.05, 0) is 18.1 Å². The third-order valence-corrected chi connectivity index (χ3v) is 4.88. The third-order valence-electron chi connectivity index (χ3n) is 4.88. The minimum Gasteiger partial charge on any atom is -0.384 e. The number of nitrogens with two attached hydrogens (primary N) is 1. The highest BCUT2D eigenvalue weighted by Crippen LogP contribution is 2.35. The van der Waals surface area contributed by atoms with E-state index in [0.29, 0.717) is 6.61 Å². The Balaban J connectivity index is 1.93. The summed E-state index contributed by atoms with van der Waals surface area (Å²) in [7, 11) is 3.29. The van der Waals surface area contributed by atoms with E-state index in [0.717, 1.165) is 12.0 Å². The molecular weight excluding hydrogens is 346 g/mol. The smallest absolute Gasteiger partial charge is 0.263 e. The lowest BCUT2D eigenvalue weighted by Crippen LogP contribution is -2.37. The van der Waals surface area contributed by atoms with Crippen LogP contribution >= 0.6 is 0 Å². The molecule has 2 N–H and O–H groups in total. The van der Waals surface area contributed by atoms with Gasteiger partial charge in [-0.1, -0.05) is 30.3 Å². The van der Waals surface area contributed by atoms with Gasteiger partial charge in [0, 0.05) is 32.3 Å². The van der Waals surface area contributed by atoms with Crippen LogP contribution in [0.25, 0.3) is 0 Å². The predicted octanol–water partition coefficient (Wildman–Crippen LogP) is 1.10. The minimum atomic E-state index is -0.683. The molecule has 1 fully saturated rings. The molecule has 0 unspecified atom stereocenters. The van der Waals surface area contributed by atoms with Gasteiger partial charge in [0.1, 0.15) is 5.56 Å². The van der Waals surface area contributed by atoms with E-state index in [1.165, 1.54) is 16.8 Å². The number of benzene rings is 1. The fraction of sp³-hybridized carbons (Fsp3) is 0.350. The first-order valence-electron chi connectivity index (χ1n) is 8.76. The summed E-state index contributed by atoms with van der Waals surface area (Å²) in [6.45, 7) is 0.822. The van der Waals surface area contributed by atoms with Crippen molar-refractivity contribution in [2.45, 2.75) is 19.0 Å². The average Bonchev–Trinajstić information content (AvgIpc) is 3.42. The summed E-state index contributed by atoms with van der Waals surface area (Å²) in [6, 6.07) is 10.7. The lowest BCUT2D eigenvalue weighted by molar-refractivity contribution is 0.0763. The summed E-state index contributed by atoms with van der Waals surface area (Å²) >= 11 is 0. The Morgan fingerprint density at radius 1 is 1.30 bits per heavy atom. The van der Waals surface area contributed by atoms with E-state index in [2.05, 4.69) is 0 Å². The van der Waals surface area contributed by atoms with E-state index in [9.17, 15) is 14.4 Å². The van der Waals surface area contributed by atoms with Crippen LogP contribution in [0.4, 0.5) is 0 Å². The Hall–Kier alpha value is -2.93. The molecule has 2 atom stereocenters. The number of carbonyl (C=O) groups is 2. The van der Waals surface area contributed by atoms with Crippen molar-refractivity contribution in [2.24, 2.45) is 11.7 Å². The van der Waals surface area contributed by atoms with E-state index >= 15 is 0 Å². The maximum atomic E-state index is 12.9. The van der Waals surface area contributed by atoms with Crippen molar-refractivity contribution < 1.29 is 14.3 Å². The summed E-state index contributed by atoms with van der Waals surface area (Å²) in [5.74, 6) is -0.819. The number of amides is 2. The zero-order valence-electron chi connectivity index (χ0n) is 15.4. The zero-order valence-corrected chi connectivity index (χ0v) is 15.4. The maximum Gasteiger partial charge on any atom is 0.263 e. The number of nitrogens with zero attached hydrogens (tertiary/aromatic N) is 2. The molecule has 1 saturated carbocycles. The molecule has 0 aliphatic heterocycles. The van der Waals surface area contributed by atoms with Crippen LogP contribution in [-0.4, -0.2) is 48.1 Å². The highest BCUT2D eigenvalue weighted by atomic mass is 16.5. The molecule has 7 nitrogen and oxygen atoms in total.